The first-order valence-electron chi connectivity index (χ1n) is 24.5. The summed E-state index contributed by atoms with van der Waals surface area (Å²) in [6.45, 7) is 42.6. The largest absolute Gasteiger partial charge is 0.352 e. The molecule has 0 bridgehead atoms. The van der Waals surface area contributed by atoms with Crippen LogP contribution >= 0.6 is 0 Å². The Hall–Kier alpha value is -7.53. The Bertz CT molecular complexity index is 2720. The van der Waals surface area contributed by atoms with Crippen LogP contribution in [0.25, 0.3) is 0 Å². The van der Waals surface area contributed by atoms with Crippen molar-refractivity contribution >= 4 is 0 Å². The van der Waals surface area contributed by atoms with Crippen LogP contribution < -0.4 is 0 Å². The molecule has 24 nitrogen and oxygen atoms in total. The molecular formula is C51H90N24. The molecule has 414 valence electrons. The molecule has 0 aromatic carbocycles. The van der Waals surface area contributed by atoms with Crippen molar-refractivity contribution in [3.05, 3.63) is 120 Å². The Kier molecular flexibility index (Phi) is 26.2. The highest BCUT2D eigenvalue weighted by molar-refractivity contribution is 5.34. The monoisotopic (exact) mass is 1040 g/mol. The van der Waals surface area contributed by atoms with Crippen LogP contribution in [0.4, 0.5) is 0 Å². The number of imidazole rings is 1. The Balaban J connectivity index is 0.000000423. The van der Waals surface area contributed by atoms with Gasteiger partial charge in [0.25, 0.3) is 0 Å². The van der Waals surface area contributed by atoms with Gasteiger partial charge in [-0.25, -0.2) is 9.67 Å². The molecule has 9 heterocycles. The van der Waals surface area contributed by atoms with E-state index in [-0.39, 0.29) is 0 Å². The summed E-state index contributed by atoms with van der Waals surface area (Å²) in [5.41, 5.74) is 19.6. The highest BCUT2D eigenvalue weighted by Gasteiger charge is 2.07. The standard InChI is InChI=1S/C9H15N.3C7H12N2.3C5H9N3.2C3H6N4/c1-6-7(2)9(4)10(5)8(6)3;1-5-6(2)9(4)7(3)8-5;2*1-5-6(2)8-9(4)7(5)3;1-4-6-7-5(2)8(4)3;1-4-5(2)8(3)7-6-4;1-4-5(2)7-8(3)6-4;1-3-4-5-6-7(3)2;1-3-4-6-7(2)5-3/h1-5H3;3*1-4H3;3*1-3H3;2*1-2H3. The van der Waals surface area contributed by atoms with E-state index in [4.69, 9.17) is 0 Å². The van der Waals surface area contributed by atoms with Gasteiger partial charge in [-0.1, -0.05) is 5.21 Å². The molecule has 0 atom stereocenters. The van der Waals surface area contributed by atoms with Gasteiger partial charge in [-0.05, 0) is 183 Å². The molecule has 0 amide bonds. The van der Waals surface area contributed by atoms with Crippen molar-refractivity contribution < 1.29 is 0 Å². The first kappa shape index (κ1) is 65.5. The Morgan fingerprint density at radius 2 is 0.707 bits per heavy atom. The predicted octanol–water partition coefficient (Wildman–Crippen LogP) is 6.63. The molecule has 0 spiro atoms. The van der Waals surface area contributed by atoms with Crippen molar-refractivity contribution in [2.45, 2.75) is 145 Å². The van der Waals surface area contributed by atoms with E-state index < -0.39 is 0 Å². The van der Waals surface area contributed by atoms with Crippen LogP contribution in [0.15, 0.2) is 0 Å². The number of hydrogen-bond donors (Lipinski definition) is 0. The fourth-order valence-corrected chi connectivity index (χ4v) is 6.22. The highest BCUT2D eigenvalue weighted by atomic mass is 15.6. The maximum absolute atomic E-state index is 4.27. The van der Waals surface area contributed by atoms with Crippen LogP contribution in [0, 0.1) is 145 Å². The SMILES string of the molecule is Cc1c(C)c(C)n(C)c1C.Cc1nc(C)n(C)c1C.Cc1nn(C)c(C)c1C.Cc1nn(C)c(C)c1C.Cc1nn(C)nc1C.Cc1nnc(C)n1C.Cc1nnn(C)c1C.Cc1nnn(C)n1.Cc1nnnn1C. The number of nitrogens with zero attached hydrogens (tertiary/aromatic N) is 24. The second-order valence-corrected chi connectivity index (χ2v) is 18.5. The third-order valence-electron chi connectivity index (χ3n) is 13.4. The molecule has 0 aliphatic heterocycles. The van der Waals surface area contributed by atoms with E-state index in [1.807, 2.05) is 132 Å². The number of hydrogen-bond acceptors (Lipinski definition) is 15. The van der Waals surface area contributed by atoms with Gasteiger partial charge in [0.1, 0.15) is 23.3 Å². The molecular weight excluding hydrogens is 949 g/mol. The fourth-order valence-electron chi connectivity index (χ4n) is 6.22. The molecule has 9 rings (SSSR count). The summed E-state index contributed by atoms with van der Waals surface area (Å²) in [5.74, 6) is 4.55. The summed E-state index contributed by atoms with van der Waals surface area (Å²) >= 11 is 0. The summed E-state index contributed by atoms with van der Waals surface area (Å²) in [7, 11) is 17.3. The van der Waals surface area contributed by atoms with E-state index in [9.17, 15) is 0 Å². The normalized spacial score (nSPS) is 10.0. The number of tetrazole rings is 2. The van der Waals surface area contributed by atoms with Gasteiger partial charge in [0.15, 0.2) is 5.82 Å². The van der Waals surface area contributed by atoms with Gasteiger partial charge >= 0.3 is 0 Å². The lowest BCUT2D eigenvalue weighted by molar-refractivity contribution is 0.629. The number of aromatic nitrogens is 24. The molecule has 24 heteroatoms. The zero-order valence-electron chi connectivity index (χ0n) is 51.2. The van der Waals surface area contributed by atoms with Crippen molar-refractivity contribution in [3.8, 4) is 0 Å². The summed E-state index contributed by atoms with van der Waals surface area (Å²) < 4.78 is 13.5. The molecule has 9 aromatic heterocycles. The van der Waals surface area contributed by atoms with E-state index in [0.717, 1.165) is 63.2 Å². The molecule has 0 aliphatic rings. The first-order chi connectivity index (χ1) is 34.7. The molecule has 0 aliphatic carbocycles. The second-order valence-electron chi connectivity index (χ2n) is 18.5. The smallest absolute Gasteiger partial charge is 0.171 e. The minimum Gasteiger partial charge on any atom is -0.352 e. The van der Waals surface area contributed by atoms with Crippen LogP contribution in [0.5, 0.6) is 0 Å². The molecule has 9 aromatic rings. The average Bonchev–Trinajstić information content (AvgIpc) is 4.27. The van der Waals surface area contributed by atoms with Crippen molar-refractivity contribution in [2.24, 2.45) is 63.4 Å². The number of aryl methyl sites for hydroxylation is 17. The Morgan fingerprint density at radius 1 is 0.253 bits per heavy atom. The summed E-state index contributed by atoms with van der Waals surface area (Å²) in [6.07, 6.45) is 0. The summed E-state index contributed by atoms with van der Waals surface area (Å²) in [6, 6.07) is 0. The second kappa shape index (κ2) is 30.0. The summed E-state index contributed by atoms with van der Waals surface area (Å²) in [5, 5.41) is 53.3. The van der Waals surface area contributed by atoms with Crippen molar-refractivity contribution in [1.29, 1.82) is 0 Å². The molecule has 0 fully saturated rings. The third kappa shape index (κ3) is 20.0. The van der Waals surface area contributed by atoms with Gasteiger partial charge in [-0.2, -0.15) is 30.0 Å². The van der Waals surface area contributed by atoms with Crippen LogP contribution in [0.3, 0.4) is 0 Å². The Labute approximate surface area is 446 Å². The molecule has 0 unspecified atom stereocenters. The maximum Gasteiger partial charge on any atom is 0.171 e. The van der Waals surface area contributed by atoms with Gasteiger partial charge in [0.2, 0.25) is 0 Å². The topological polar surface area (TPSA) is 238 Å². The molecule has 0 saturated heterocycles. The molecule has 75 heavy (non-hydrogen) atoms. The lowest BCUT2D eigenvalue weighted by Gasteiger charge is -1.98. The van der Waals surface area contributed by atoms with Crippen molar-refractivity contribution in [2.75, 3.05) is 0 Å². The van der Waals surface area contributed by atoms with Crippen LogP contribution in [-0.4, -0.2) is 119 Å². The third-order valence-corrected chi connectivity index (χ3v) is 13.4. The fraction of sp³-hybridized carbons (Fsp3) is 0.588. The van der Waals surface area contributed by atoms with Crippen LogP contribution in [0.1, 0.15) is 120 Å². The average molecular weight is 1040 g/mol. The van der Waals surface area contributed by atoms with Gasteiger partial charge in [0.05, 0.1) is 46.9 Å². The van der Waals surface area contributed by atoms with Gasteiger partial charge in [-0.15, -0.1) is 30.6 Å². The first-order valence-corrected chi connectivity index (χ1v) is 24.5. The van der Waals surface area contributed by atoms with E-state index in [2.05, 4.69) is 155 Å². The van der Waals surface area contributed by atoms with Gasteiger partial charge < -0.3 is 13.7 Å². The van der Waals surface area contributed by atoms with E-state index in [1.54, 1.807) is 35.2 Å². The quantitative estimate of drug-likeness (QED) is 0.155. The van der Waals surface area contributed by atoms with E-state index >= 15 is 0 Å². The predicted molar refractivity (Wildman–Crippen MR) is 295 cm³/mol. The van der Waals surface area contributed by atoms with Gasteiger partial charge in [0, 0.05) is 84.9 Å². The van der Waals surface area contributed by atoms with E-state index in [0.29, 0.717) is 5.82 Å². The lowest BCUT2D eigenvalue weighted by atomic mass is 10.2. The zero-order valence-corrected chi connectivity index (χ0v) is 51.2. The van der Waals surface area contributed by atoms with Crippen LogP contribution in [0.2, 0.25) is 0 Å². The molecule has 0 saturated carbocycles. The molecule has 0 radical (unpaired) electrons. The Morgan fingerprint density at radius 3 is 0.813 bits per heavy atom. The molecule has 0 N–H and O–H groups in total. The highest BCUT2D eigenvalue weighted by Crippen LogP contribution is 2.18. The lowest BCUT2D eigenvalue weighted by Crippen LogP contribution is -1.92. The van der Waals surface area contributed by atoms with E-state index in [1.165, 1.54) is 55.5 Å². The number of rotatable bonds is 0. The van der Waals surface area contributed by atoms with Crippen molar-refractivity contribution in [3.63, 3.8) is 0 Å². The van der Waals surface area contributed by atoms with Crippen LogP contribution in [-0.2, 0) is 63.4 Å². The van der Waals surface area contributed by atoms with Gasteiger partial charge in [-0.3, -0.25) is 14.0 Å². The minimum atomic E-state index is 0.711. The maximum atomic E-state index is 4.27. The zero-order chi connectivity index (χ0) is 57.9. The summed E-state index contributed by atoms with van der Waals surface area (Å²) in [4.78, 5) is 7.27. The van der Waals surface area contributed by atoms with Crippen molar-refractivity contribution in [1.82, 2.24) is 119 Å². The minimum absolute atomic E-state index is 0.711.